The molecular formula is C13H12AgO4P. The van der Waals surface area contributed by atoms with Gasteiger partial charge in [0.25, 0.3) is 0 Å². The molecule has 0 aliphatic rings. The van der Waals surface area contributed by atoms with Gasteiger partial charge in [0, 0.05) is 0 Å². The van der Waals surface area contributed by atoms with Gasteiger partial charge >= 0.3 is 30.2 Å². The largest absolute Gasteiger partial charge is 1.00 e. The standard InChI is InChI=1S/C13H13O4P.Ag/c14-18(15,17-13-9-5-2-6-10-13)16-11-12-7-3-1-4-8-12;/h1-10H,11H2,(H,14,15);/q;+1/p-1. The third-order valence-corrected chi connectivity index (χ3v) is 3.07. The summed E-state index contributed by atoms with van der Waals surface area (Å²) in [6.45, 7) is -0.0333. The van der Waals surface area contributed by atoms with E-state index in [1.54, 1.807) is 42.5 Å². The average molecular weight is 371 g/mol. The number of para-hydroxylation sites is 1. The van der Waals surface area contributed by atoms with Gasteiger partial charge in [0.1, 0.15) is 5.75 Å². The van der Waals surface area contributed by atoms with Gasteiger partial charge in [0.2, 0.25) is 0 Å². The predicted octanol–water partition coefficient (Wildman–Crippen LogP) is 2.75. The summed E-state index contributed by atoms with van der Waals surface area (Å²) in [4.78, 5) is 11.6. The summed E-state index contributed by atoms with van der Waals surface area (Å²) in [5.41, 5.74) is 0.769. The van der Waals surface area contributed by atoms with Crippen LogP contribution in [-0.2, 0) is 38.1 Å². The predicted molar refractivity (Wildman–Crippen MR) is 65.9 cm³/mol. The fraction of sp³-hybridized carbons (Fsp3) is 0.0769. The molecule has 19 heavy (non-hydrogen) atoms. The first-order chi connectivity index (χ1) is 8.66. The molecule has 0 saturated heterocycles. The molecule has 1 atom stereocenters. The maximum Gasteiger partial charge on any atom is 1.00 e. The van der Waals surface area contributed by atoms with Gasteiger partial charge in [-0.15, -0.1) is 0 Å². The van der Waals surface area contributed by atoms with Crippen molar-refractivity contribution in [3.8, 4) is 5.75 Å². The van der Waals surface area contributed by atoms with Gasteiger partial charge in [0.15, 0.2) is 0 Å². The van der Waals surface area contributed by atoms with Crippen molar-refractivity contribution in [2.45, 2.75) is 6.61 Å². The molecule has 0 spiro atoms. The van der Waals surface area contributed by atoms with Gasteiger partial charge in [-0.3, -0.25) is 4.57 Å². The Morgan fingerprint density at radius 3 is 2.05 bits per heavy atom. The second-order valence-electron chi connectivity index (χ2n) is 3.61. The normalized spacial score (nSPS) is 13.1. The zero-order chi connectivity index (χ0) is 12.8. The Morgan fingerprint density at radius 1 is 0.947 bits per heavy atom. The van der Waals surface area contributed by atoms with Crippen LogP contribution in [0.2, 0.25) is 0 Å². The number of phosphoric ester groups is 1. The molecule has 0 saturated carbocycles. The number of benzene rings is 2. The first-order valence-corrected chi connectivity index (χ1v) is 6.86. The minimum Gasteiger partial charge on any atom is -0.746 e. The molecule has 4 nitrogen and oxygen atoms in total. The van der Waals surface area contributed by atoms with E-state index in [1.165, 1.54) is 0 Å². The summed E-state index contributed by atoms with van der Waals surface area (Å²) in [5.74, 6) is 0.240. The van der Waals surface area contributed by atoms with Crippen LogP contribution in [0.4, 0.5) is 0 Å². The third-order valence-electron chi connectivity index (χ3n) is 2.19. The maximum atomic E-state index is 11.6. The molecule has 2 rings (SSSR count). The van der Waals surface area contributed by atoms with Gasteiger partial charge in [-0.2, -0.15) is 0 Å². The molecule has 2 aromatic rings. The van der Waals surface area contributed by atoms with Crippen molar-refractivity contribution in [1.29, 1.82) is 0 Å². The fourth-order valence-electron chi connectivity index (χ4n) is 1.36. The topological polar surface area (TPSA) is 58.6 Å². The molecule has 1 unspecified atom stereocenters. The Bertz CT molecular complexity index is 533. The average Bonchev–Trinajstić information content (AvgIpc) is 2.38. The minimum absolute atomic E-state index is 0. The van der Waals surface area contributed by atoms with Crippen molar-refractivity contribution >= 4 is 7.82 Å². The van der Waals surface area contributed by atoms with E-state index in [4.69, 9.17) is 9.05 Å². The third kappa shape index (κ3) is 5.74. The second-order valence-corrected chi connectivity index (χ2v) is 4.95. The Kier molecular flexibility index (Phi) is 6.52. The molecule has 2 aromatic carbocycles. The van der Waals surface area contributed by atoms with Crippen LogP contribution < -0.4 is 9.42 Å². The van der Waals surface area contributed by atoms with Crippen LogP contribution >= 0.6 is 7.82 Å². The molecule has 0 radical (unpaired) electrons. The van der Waals surface area contributed by atoms with Crippen molar-refractivity contribution < 1.29 is 40.9 Å². The molecule has 0 N–H and O–H groups in total. The Hall–Kier alpha value is -0.870. The molecule has 0 amide bonds. The number of hydrogen-bond donors (Lipinski definition) is 0. The molecule has 6 heteroatoms. The Balaban J connectivity index is 0.00000180. The van der Waals surface area contributed by atoms with Crippen LogP contribution in [0.15, 0.2) is 60.7 Å². The molecule has 0 heterocycles. The Morgan fingerprint density at radius 2 is 1.47 bits per heavy atom. The Labute approximate surface area is 127 Å². The summed E-state index contributed by atoms with van der Waals surface area (Å²) in [6.07, 6.45) is 0. The number of rotatable bonds is 5. The van der Waals surface area contributed by atoms with Crippen LogP contribution in [-0.4, -0.2) is 0 Å². The van der Waals surface area contributed by atoms with Crippen LogP contribution in [0.25, 0.3) is 0 Å². The summed E-state index contributed by atoms with van der Waals surface area (Å²) >= 11 is 0. The van der Waals surface area contributed by atoms with E-state index in [0.717, 1.165) is 5.56 Å². The summed E-state index contributed by atoms with van der Waals surface area (Å²) in [5, 5.41) is 0. The summed E-state index contributed by atoms with van der Waals surface area (Å²) in [6, 6.07) is 17.3. The van der Waals surface area contributed by atoms with E-state index in [2.05, 4.69) is 0 Å². The van der Waals surface area contributed by atoms with Gasteiger partial charge < -0.3 is 13.9 Å². The molecule has 0 fully saturated rings. The van der Waals surface area contributed by atoms with Gasteiger partial charge in [-0.1, -0.05) is 48.5 Å². The van der Waals surface area contributed by atoms with Crippen molar-refractivity contribution in [3.05, 3.63) is 66.2 Å². The van der Waals surface area contributed by atoms with Crippen molar-refractivity contribution in [2.75, 3.05) is 0 Å². The SMILES string of the molecule is O=P([O-])(OCc1ccccc1)Oc1ccccc1.[Ag+]. The van der Waals surface area contributed by atoms with Crippen LogP contribution in [0.5, 0.6) is 5.75 Å². The minimum atomic E-state index is -4.33. The molecule has 0 aliphatic heterocycles. The van der Waals surface area contributed by atoms with Crippen LogP contribution in [0.3, 0.4) is 0 Å². The van der Waals surface area contributed by atoms with E-state index >= 15 is 0 Å². The zero-order valence-electron chi connectivity index (χ0n) is 9.86. The smallest absolute Gasteiger partial charge is 0.746 e. The molecule has 104 valence electrons. The number of hydrogen-bond acceptors (Lipinski definition) is 4. The second kappa shape index (κ2) is 7.65. The quantitative estimate of drug-likeness (QED) is 0.599. The first kappa shape index (κ1) is 16.2. The van der Waals surface area contributed by atoms with Crippen molar-refractivity contribution in [3.63, 3.8) is 0 Å². The van der Waals surface area contributed by atoms with E-state index in [-0.39, 0.29) is 34.7 Å². The first-order valence-electron chi connectivity index (χ1n) is 5.40. The van der Waals surface area contributed by atoms with Gasteiger partial charge in [-0.05, 0) is 17.7 Å². The van der Waals surface area contributed by atoms with Crippen molar-refractivity contribution in [2.24, 2.45) is 0 Å². The molecule has 0 aromatic heterocycles. The molecular weight excluding hydrogens is 359 g/mol. The summed E-state index contributed by atoms with van der Waals surface area (Å²) in [7, 11) is -4.33. The fourth-order valence-corrected chi connectivity index (χ4v) is 2.10. The van der Waals surface area contributed by atoms with E-state index in [9.17, 15) is 9.46 Å². The molecule has 0 aliphatic carbocycles. The van der Waals surface area contributed by atoms with E-state index in [1.807, 2.05) is 18.2 Å². The van der Waals surface area contributed by atoms with Gasteiger partial charge in [-0.25, -0.2) is 0 Å². The monoisotopic (exact) mass is 370 g/mol. The van der Waals surface area contributed by atoms with Gasteiger partial charge in [0.05, 0.1) is 6.61 Å². The van der Waals surface area contributed by atoms with Crippen molar-refractivity contribution in [1.82, 2.24) is 0 Å². The van der Waals surface area contributed by atoms with Crippen LogP contribution in [0.1, 0.15) is 5.56 Å². The van der Waals surface area contributed by atoms with E-state index in [0.29, 0.717) is 0 Å². The zero-order valence-corrected chi connectivity index (χ0v) is 12.2. The maximum absolute atomic E-state index is 11.6. The van der Waals surface area contributed by atoms with Crippen LogP contribution in [0, 0.1) is 0 Å². The number of phosphoric acid groups is 1. The summed E-state index contributed by atoms with van der Waals surface area (Å²) < 4.78 is 21.2. The van der Waals surface area contributed by atoms with E-state index < -0.39 is 7.82 Å². The molecule has 0 bridgehead atoms.